The normalized spacial score (nSPS) is 21.2. The summed E-state index contributed by atoms with van der Waals surface area (Å²) in [5.74, 6) is 1.07. The zero-order valence-corrected chi connectivity index (χ0v) is 15.8. The molecule has 8 heteroatoms. The second-order valence-corrected chi connectivity index (χ2v) is 6.35. The molecule has 2 aliphatic heterocycles. The first-order valence-electron chi connectivity index (χ1n) is 8.37. The van der Waals surface area contributed by atoms with Gasteiger partial charge >= 0.3 is 0 Å². The smallest absolute Gasteiger partial charge is 0.254 e. The summed E-state index contributed by atoms with van der Waals surface area (Å²) in [6.45, 7) is 1.59. The Hall–Kier alpha value is -1.89. The van der Waals surface area contributed by atoms with Crippen LogP contribution in [0.2, 0.25) is 0 Å². The van der Waals surface area contributed by atoms with Gasteiger partial charge in [0.2, 0.25) is 5.88 Å². The molecule has 2 atom stereocenters. The number of fused-ring (bicyclic) bond motifs is 2. The van der Waals surface area contributed by atoms with E-state index in [2.05, 4.69) is 15.3 Å². The Morgan fingerprint density at radius 2 is 2.00 bits per heavy atom. The second kappa shape index (κ2) is 9.16. The second-order valence-electron chi connectivity index (χ2n) is 6.35. The summed E-state index contributed by atoms with van der Waals surface area (Å²) in [5.41, 5.74) is 0.647. The predicted molar refractivity (Wildman–Crippen MR) is 104 cm³/mol. The Labute approximate surface area is 165 Å². The molecule has 1 aromatic carbocycles. The molecule has 0 radical (unpaired) electrons. The summed E-state index contributed by atoms with van der Waals surface area (Å²) in [5, 5.41) is 3.60. The van der Waals surface area contributed by atoms with Gasteiger partial charge in [-0.05, 0) is 37.5 Å². The molecule has 2 saturated heterocycles. The Morgan fingerprint density at radius 3 is 2.81 bits per heavy atom. The maximum Gasteiger partial charge on any atom is 0.254 e. The number of amides is 1. The van der Waals surface area contributed by atoms with E-state index in [-0.39, 0.29) is 30.7 Å². The highest BCUT2D eigenvalue weighted by Gasteiger charge is 2.31. The van der Waals surface area contributed by atoms with Gasteiger partial charge in [0.15, 0.2) is 0 Å². The average molecular weight is 397 g/mol. The van der Waals surface area contributed by atoms with Crippen molar-refractivity contribution >= 4 is 30.7 Å². The van der Waals surface area contributed by atoms with Gasteiger partial charge in [0.25, 0.3) is 5.91 Å². The standard InChI is InChI=1S/C18H20N4O2.2ClH/c23-18(22-9-6-14-4-5-15(12-22)21-14)13-2-1-3-16(10-13)24-17-11-19-7-8-20-17;;/h1-3,7-8,10-11,14-15,21H,4-6,9,12H2;2*1H. The molecule has 1 aromatic heterocycles. The lowest BCUT2D eigenvalue weighted by molar-refractivity contribution is 0.0748. The van der Waals surface area contributed by atoms with Crippen LogP contribution in [0.25, 0.3) is 0 Å². The Balaban J connectivity index is 0.00000121. The minimum Gasteiger partial charge on any atom is -0.437 e. The number of carbonyl (C=O) groups is 1. The third kappa shape index (κ3) is 4.63. The Kier molecular flexibility index (Phi) is 7.20. The first kappa shape index (κ1) is 20.4. The monoisotopic (exact) mass is 396 g/mol. The SMILES string of the molecule is Cl.Cl.O=C(c1cccc(Oc2cnccn2)c1)N1CCC2CCC(C1)N2. The summed E-state index contributed by atoms with van der Waals surface area (Å²) >= 11 is 0. The lowest BCUT2D eigenvalue weighted by atomic mass is 10.1. The number of aromatic nitrogens is 2. The molecule has 0 aliphatic carbocycles. The van der Waals surface area contributed by atoms with Gasteiger partial charge in [0, 0.05) is 43.1 Å². The maximum atomic E-state index is 12.8. The Morgan fingerprint density at radius 1 is 1.15 bits per heavy atom. The molecule has 1 amide bonds. The number of nitrogens with zero attached hydrogens (tertiary/aromatic N) is 3. The third-order valence-electron chi connectivity index (χ3n) is 4.65. The van der Waals surface area contributed by atoms with Crippen molar-refractivity contribution in [2.24, 2.45) is 0 Å². The van der Waals surface area contributed by atoms with Crippen LogP contribution >= 0.6 is 24.8 Å². The molecule has 2 unspecified atom stereocenters. The van der Waals surface area contributed by atoms with E-state index in [1.54, 1.807) is 24.7 Å². The number of halogens is 2. The highest BCUT2D eigenvalue weighted by atomic mass is 35.5. The number of ether oxygens (including phenoxy) is 1. The fourth-order valence-electron chi connectivity index (χ4n) is 3.46. The van der Waals surface area contributed by atoms with E-state index in [1.165, 1.54) is 6.42 Å². The van der Waals surface area contributed by atoms with Crippen LogP contribution in [0.5, 0.6) is 11.6 Å². The highest BCUT2D eigenvalue weighted by molar-refractivity contribution is 5.94. The predicted octanol–water partition coefficient (Wildman–Crippen LogP) is 3.08. The summed E-state index contributed by atoms with van der Waals surface area (Å²) in [7, 11) is 0. The number of hydrogen-bond donors (Lipinski definition) is 1. The molecule has 2 bridgehead atoms. The van der Waals surface area contributed by atoms with Gasteiger partial charge in [0.05, 0.1) is 6.20 Å². The number of carbonyl (C=O) groups excluding carboxylic acids is 1. The molecule has 140 valence electrons. The van der Waals surface area contributed by atoms with E-state index in [1.807, 2.05) is 23.1 Å². The van der Waals surface area contributed by atoms with Crippen molar-refractivity contribution in [1.82, 2.24) is 20.2 Å². The van der Waals surface area contributed by atoms with E-state index in [9.17, 15) is 4.79 Å². The van der Waals surface area contributed by atoms with Gasteiger partial charge in [-0.1, -0.05) is 6.07 Å². The summed E-state index contributed by atoms with van der Waals surface area (Å²) in [4.78, 5) is 22.9. The van der Waals surface area contributed by atoms with E-state index in [0.29, 0.717) is 29.3 Å². The first-order chi connectivity index (χ1) is 11.8. The van der Waals surface area contributed by atoms with Crippen LogP contribution in [-0.2, 0) is 0 Å². The number of rotatable bonds is 3. The maximum absolute atomic E-state index is 12.8. The molecule has 2 aliphatic rings. The lowest BCUT2D eigenvalue weighted by Crippen LogP contribution is -2.39. The van der Waals surface area contributed by atoms with Crippen LogP contribution in [0.4, 0.5) is 0 Å². The van der Waals surface area contributed by atoms with Gasteiger partial charge in [-0.2, -0.15) is 0 Å². The lowest BCUT2D eigenvalue weighted by Gasteiger charge is -2.24. The Bertz CT molecular complexity index is 732. The van der Waals surface area contributed by atoms with Gasteiger partial charge in [-0.3, -0.25) is 9.78 Å². The van der Waals surface area contributed by atoms with Crippen LogP contribution in [0.1, 0.15) is 29.6 Å². The largest absolute Gasteiger partial charge is 0.437 e. The molecule has 2 aromatic rings. The molecule has 0 spiro atoms. The van der Waals surface area contributed by atoms with Gasteiger partial charge in [-0.15, -0.1) is 24.8 Å². The molecular weight excluding hydrogens is 375 g/mol. The van der Waals surface area contributed by atoms with Gasteiger partial charge in [-0.25, -0.2) is 4.98 Å². The zero-order valence-electron chi connectivity index (χ0n) is 14.2. The van der Waals surface area contributed by atoms with Crippen LogP contribution in [-0.4, -0.2) is 45.9 Å². The average Bonchev–Trinajstić information content (AvgIpc) is 2.94. The summed E-state index contributed by atoms with van der Waals surface area (Å²) in [6.07, 6.45) is 8.12. The van der Waals surface area contributed by atoms with Crippen molar-refractivity contribution in [3.05, 3.63) is 48.4 Å². The van der Waals surface area contributed by atoms with Gasteiger partial charge < -0.3 is 15.0 Å². The number of likely N-dealkylation sites (tertiary alicyclic amines) is 1. The minimum atomic E-state index is 0. The highest BCUT2D eigenvalue weighted by Crippen LogP contribution is 2.24. The van der Waals surface area contributed by atoms with Crippen LogP contribution < -0.4 is 10.1 Å². The molecular formula is C18H22Cl2N4O2. The van der Waals surface area contributed by atoms with E-state index in [0.717, 1.165) is 25.9 Å². The fourth-order valence-corrected chi connectivity index (χ4v) is 3.46. The van der Waals surface area contributed by atoms with Crippen molar-refractivity contribution in [1.29, 1.82) is 0 Å². The van der Waals surface area contributed by atoms with E-state index < -0.39 is 0 Å². The van der Waals surface area contributed by atoms with Crippen molar-refractivity contribution in [2.45, 2.75) is 31.3 Å². The third-order valence-corrected chi connectivity index (χ3v) is 4.65. The molecule has 4 rings (SSSR count). The van der Waals surface area contributed by atoms with Crippen molar-refractivity contribution in [3.8, 4) is 11.6 Å². The number of nitrogens with one attached hydrogen (secondary N) is 1. The molecule has 2 fully saturated rings. The molecule has 1 N–H and O–H groups in total. The van der Waals surface area contributed by atoms with Crippen LogP contribution in [0, 0.1) is 0 Å². The molecule has 6 nitrogen and oxygen atoms in total. The minimum absolute atomic E-state index is 0. The first-order valence-corrected chi connectivity index (χ1v) is 8.37. The van der Waals surface area contributed by atoms with Crippen molar-refractivity contribution in [3.63, 3.8) is 0 Å². The van der Waals surface area contributed by atoms with Crippen molar-refractivity contribution in [2.75, 3.05) is 13.1 Å². The molecule has 0 saturated carbocycles. The molecule has 26 heavy (non-hydrogen) atoms. The van der Waals surface area contributed by atoms with E-state index >= 15 is 0 Å². The fraction of sp³-hybridized carbons (Fsp3) is 0.389. The van der Waals surface area contributed by atoms with E-state index in [4.69, 9.17) is 4.74 Å². The number of benzene rings is 1. The summed E-state index contributed by atoms with van der Waals surface area (Å²) in [6, 6.07) is 8.26. The van der Waals surface area contributed by atoms with Crippen molar-refractivity contribution < 1.29 is 9.53 Å². The number of hydrogen-bond acceptors (Lipinski definition) is 5. The molecule has 3 heterocycles. The zero-order chi connectivity index (χ0) is 16.4. The quantitative estimate of drug-likeness (QED) is 0.862. The van der Waals surface area contributed by atoms with Crippen LogP contribution in [0.3, 0.4) is 0 Å². The van der Waals surface area contributed by atoms with Crippen LogP contribution in [0.15, 0.2) is 42.9 Å². The van der Waals surface area contributed by atoms with Gasteiger partial charge in [0.1, 0.15) is 5.75 Å². The summed E-state index contributed by atoms with van der Waals surface area (Å²) < 4.78 is 5.67. The topological polar surface area (TPSA) is 67.3 Å².